The molecule has 0 aromatic carbocycles. The lowest BCUT2D eigenvalue weighted by atomic mass is 10.1. The number of aromatic amines is 1. The zero-order valence-corrected chi connectivity index (χ0v) is 24.2. The molecule has 3 fully saturated rings. The molecule has 43 heavy (non-hydrogen) atoms. The molecule has 228 valence electrons. The van der Waals surface area contributed by atoms with Crippen molar-refractivity contribution in [3.05, 3.63) is 29.3 Å². The first-order chi connectivity index (χ1) is 20.6. The molecule has 6 N–H and O–H groups in total. The molecule has 9 atom stereocenters. The normalized spacial score (nSPS) is 34.6. The Morgan fingerprint density at radius 3 is 2.65 bits per heavy atom. The molecule has 3 aliphatic heterocycles. The monoisotopic (exact) mass is 659 g/mol. The molecule has 4 aromatic rings. The van der Waals surface area contributed by atoms with Crippen molar-refractivity contribution in [2.24, 2.45) is 0 Å². The number of nitrogens with two attached hydrogens (primary N) is 2. The van der Waals surface area contributed by atoms with E-state index >= 15 is 4.39 Å². The zero-order valence-electron chi connectivity index (χ0n) is 21.6. The Bertz CT molecular complexity index is 1840. The van der Waals surface area contributed by atoms with Gasteiger partial charge >= 0.3 is 15.0 Å². The molecule has 7 rings (SSSR count). The van der Waals surface area contributed by atoms with Crippen LogP contribution >= 0.6 is 15.0 Å². The molecule has 4 aromatic heterocycles. The first-order valence-corrected chi connectivity index (χ1v) is 16.3. The molecule has 2 bridgehead atoms. The maximum Gasteiger partial charge on any atom is 0.697 e. The Labute approximate surface area is 244 Å². The van der Waals surface area contributed by atoms with E-state index in [4.69, 9.17) is 50.8 Å². The average Bonchev–Trinajstić information content (AvgIpc) is 3.72. The van der Waals surface area contributed by atoms with Gasteiger partial charge in [0.15, 0.2) is 47.4 Å². The summed E-state index contributed by atoms with van der Waals surface area (Å²) in [7, 11) is -2.89. The third kappa shape index (κ3) is 5.20. The molecule has 19 nitrogen and oxygen atoms in total. The molecule has 3 aliphatic rings. The van der Waals surface area contributed by atoms with Crippen LogP contribution in [0.2, 0.25) is 0 Å². The highest BCUT2D eigenvalue weighted by Crippen LogP contribution is 2.51. The van der Waals surface area contributed by atoms with Gasteiger partial charge in [0.2, 0.25) is 5.95 Å². The maximum absolute atomic E-state index is 15.8. The van der Waals surface area contributed by atoms with E-state index in [0.717, 1.165) is 0 Å². The van der Waals surface area contributed by atoms with E-state index in [9.17, 15) is 14.3 Å². The van der Waals surface area contributed by atoms with Crippen LogP contribution in [0.5, 0.6) is 0 Å². The van der Waals surface area contributed by atoms with Crippen molar-refractivity contribution in [1.29, 1.82) is 0 Å². The number of imidazole rings is 2. The van der Waals surface area contributed by atoms with E-state index in [-0.39, 0.29) is 47.1 Å². The predicted molar refractivity (Wildman–Crippen MR) is 145 cm³/mol. The fourth-order valence-electron chi connectivity index (χ4n) is 5.17. The Hall–Kier alpha value is -3.10. The first-order valence-electron chi connectivity index (χ1n) is 12.6. The lowest BCUT2D eigenvalue weighted by Crippen LogP contribution is -2.33. The second-order valence-electron chi connectivity index (χ2n) is 9.75. The van der Waals surface area contributed by atoms with Crippen molar-refractivity contribution in [3.8, 4) is 0 Å². The number of halogens is 1. The molecule has 0 saturated carbocycles. The van der Waals surface area contributed by atoms with Gasteiger partial charge in [-0.3, -0.25) is 18.9 Å². The number of alkyl halides is 1. The van der Waals surface area contributed by atoms with Crippen LogP contribution in [0, 0.1) is 0 Å². The average molecular weight is 659 g/mol. The lowest BCUT2D eigenvalue weighted by molar-refractivity contribution is -0.0579. The van der Waals surface area contributed by atoms with Gasteiger partial charge in [0.25, 0.3) is 5.56 Å². The molecular weight excluding hydrogens is 637 g/mol. The van der Waals surface area contributed by atoms with Crippen molar-refractivity contribution < 1.29 is 41.4 Å². The molecule has 0 radical (unpaired) electrons. The van der Waals surface area contributed by atoms with E-state index < -0.39 is 70.2 Å². The summed E-state index contributed by atoms with van der Waals surface area (Å²) < 4.78 is 65.5. The van der Waals surface area contributed by atoms with E-state index in [1.807, 2.05) is 0 Å². The van der Waals surface area contributed by atoms with Crippen LogP contribution in [-0.4, -0.2) is 87.7 Å². The minimum Gasteiger partial charge on any atom is -0.382 e. The van der Waals surface area contributed by atoms with Gasteiger partial charge in [0, 0.05) is 11.0 Å². The highest BCUT2D eigenvalue weighted by molar-refractivity contribution is 8.07. The number of nitrogen functional groups attached to an aromatic ring is 2. The summed E-state index contributed by atoms with van der Waals surface area (Å²) in [4.78, 5) is 45.9. The molecule has 3 saturated heterocycles. The van der Waals surface area contributed by atoms with Crippen LogP contribution in [-0.2, 0) is 43.9 Å². The molecule has 23 heteroatoms. The third-order valence-electron chi connectivity index (χ3n) is 7.04. The number of H-pyrrole nitrogens is 1. The standard InChI is InChI=1S/C20H21FN10O9P2S/c21-10-13-9(38-19(10)30-5-26-11-14(22)24-4-25-15(11)30)3-36-42(34,43)40-8-1-7(2-35-41(33)39-13)37-18(8)31-6-27-12-16(31)28-20(23)29-17(12)32/h4-10,13,18-19H,1-3H2,(H5-,22,23,24,25,28,29,32,34,43)/p+1/t7-,8?,9+,10?,13-,18+,19+,42?/m0/s1. The van der Waals surface area contributed by atoms with Crippen LogP contribution in [0.15, 0.2) is 23.8 Å². The summed E-state index contributed by atoms with van der Waals surface area (Å²) in [5, 5.41) is 0. The second kappa shape index (κ2) is 10.8. The van der Waals surface area contributed by atoms with Gasteiger partial charge in [-0.1, -0.05) is 0 Å². The molecule has 7 heterocycles. The summed E-state index contributed by atoms with van der Waals surface area (Å²) in [5.41, 5.74) is 11.5. The van der Waals surface area contributed by atoms with Gasteiger partial charge in [0.1, 0.15) is 30.7 Å². The van der Waals surface area contributed by atoms with Crippen LogP contribution in [0.25, 0.3) is 22.3 Å². The Kier molecular flexibility index (Phi) is 7.20. The van der Waals surface area contributed by atoms with Crippen molar-refractivity contribution in [1.82, 2.24) is 39.0 Å². The van der Waals surface area contributed by atoms with Crippen LogP contribution in [0.1, 0.15) is 18.9 Å². The number of aromatic nitrogens is 8. The largest absolute Gasteiger partial charge is 0.697 e. The topological polar surface area (TPSA) is 252 Å². The summed E-state index contributed by atoms with van der Waals surface area (Å²) in [6.45, 7) is -4.83. The van der Waals surface area contributed by atoms with E-state index in [0.29, 0.717) is 0 Å². The van der Waals surface area contributed by atoms with Crippen molar-refractivity contribution in [2.45, 2.75) is 49.5 Å². The highest BCUT2D eigenvalue weighted by Gasteiger charge is 2.53. The van der Waals surface area contributed by atoms with Gasteiger partial charge < -0.3 is 34.9 Å². The fraction of sp³-hybridized carbons (Fsp3) is 0.500. The Morgan fingerprint density at radius 2 is 1.84 bits per heavy atom. The van der Waals surface area contributed by atoms with Crippen LogP contribution in [0.3, 0.4) is 0 Å². The van der Waals surface area contributed by atoms with Crippen molar-refractivity contribution >= 4 is 60.9 Å². The highest BCUT2D eigenvalue weighted by atomic mass is 32.5. The SMILES string of the molecule is Nc1nc2c(ncn2[C@@H]2O[C@@H]3CO[P+](=O)O[C@@H]4C(F)[C@H](n5cnc6c(N)ncnc65)O[C@@H]4COP(O)(=S)OC2C3)c(=O)[nH]1. The molecule has 0 aliphatic carbocycles. The maximum atomic E-state index is 15.8. The van der Waals surface area contributed by atoms with Gasteiger partial charge in [-0.2, -0.15) is 4.98 Å². The number of hydrogen-bond acceptors (Lipinski definition) is 16. The Balaban J connectivity index is 1.16. The Morgan fingerprint density at radius 1 is 1.07 bits per heavy atom. The number of hydrogen-bond donors (Lipinski definition) is 4. The number of anilines is 2. The minimum atomic E-state index is -4.05. The summed E-state index contributed by atoms with van der Waals surface area (Å²) in [6, 6.07) is 0. The van der Waals surface area contributed by atoms with E-state index in [1.165, 1.54) is 28.1 Å². The van der Waals surface area contributed by atoms with Crippen molar-refractivity contribution in [3.63, 3.8) is 0 Å². The molecule has 0 spiro atoms. The van der Waals surface area contributed by atoms with E-state index in [1.54, 1.807) is 0 Å². The smallest absolute Gasteiger partial charge is 0.382 e. The van der Waals surface area contributed by atoms with Gasteiger partial charge in [0.05, 0.1) is 25.4 Å². The number of nitrogens with one attached hydrogen (secondary N) is 1. The number of nitrogens with zero attached hydrogens (tertiary/aromatic N) is 7. The predicted octanol–water partition coefficient (Wildman–Crippen LogP) is 0.338. The summed E-state index contributed by atoms with van der Waals surface area (Å²) in [5.74, 6) is -0.0736. The summed E-state index contributed by atoms with van der Waals surface area (Å²) >= 11 is 5.27. The van der Waals surface area contributed by atoms with Crippen molar-refractivity contribution in [2.75, 3.05) is 24.7 Å². The van der Waals surface area contributed by atoms with Crippen LogP contribution < -0.4 is 17.0 Å². The number of ether oxygens (including phenoxy) is 2. The first kappa shape index (κ1) is 28.7. The fourth-order valence-corrected chi connectivity index (χ4v) is 7.41. The third-order valence-corrected chi connectivity index (χ3v) is 9.40. The molecule has 0 amide bonds. The molecule has 4 unspecified atom stereocenters. The number of fused-ring (bicyclic) bond motifs is 5. The second-order valence-corrected chi connectivity index (χ2v) is 13.5. The number of rotatable bonds is 2. The quantitative estimate of drug-likeness (QED) is 0.212. The van der Waals surface area contributed by atoms with Crippen LogP contribution in [0.4, 0.5) is 16.2 Å². The molecular formula is C20H22FN10O9P2S+. The van der Waals surface area contributed by atoms with E-state index in [2.05, 4.69) is 29.9 Å². The van der Waals surface area contributed by atoms with Gasteiger partial charge in [-0.15, -0.1) is 9.05 Å². The zero-order chi connectivity index (χ0) is 30.0. The summed E-state index contributed by atoms with van der Waals surface area (Å²) in [6.07, 6.45) is -4.88. The lowest BCUT2D eigenvalue weighted by Gasteiger charge is -2.25. The van der Waals surface area contributed by atoms with Gasteiger partial charge in [-0.25, -0.2) is 24.3 Å². The van der Waals surface area contributed by atoms with Gasteiger partial charge in [-0.05, 0) is 11.8 Å². The minimum absolute atomic E-state index is 0.0126.